The fraction of sp³-hybridized carbons (Fsp3) is 0.286. The van der Waals surface area contributed by atoms with E-state index in [9.17, 15) is 0 Å². The topological polar surface area (TPSA) is 37.8 Å². The van der Waals surface area contributed by atoms with Gasteiger partial charge in [0.25, 0.3) is 0 Å². The number of anilines is 1. The zero-order valence-electron chi connectivity index (χ0n) is 10.6. The summed E-state index contributed by atoms with van der Waals surface area (Å²) in [5, 5.41) is 3.32. The van der Waals surface area contributed by atoms with E-state index in [-0.39, 0.29) is 0 Å². The normalized spacial score (nSPS) is 10.4. The van der Waals surface area contributed by atoms with Crippen LogP contribution in [0.5, 0.6) is 0 Å². The van der Waals surface area contributed by atoms with Crippen molar-refractivity contribution in [2.45, 2.75) is 20.3 Å². The molecule has 0 aliphatic heterocycles. The number of hydrogen-bond acceptors (Lipinski definition) is 3. The molecule has 3 nitrogen and oxygen atoms in total. The summed E-state index contributed by atoms with van der Waals surface area (Å²) in [6, 6.07) is 8.16. The van der Waals surface area contributed by atoms with E-state index in [0.29, 0.717) is 0 Å². The van der Waals surface area contributed by atoms with Crippen molar-refractivity contribution < 1.29 is 0 Å². The molecule has 1 N–H and O–H groups in total. The second kappa shape index (κ2) is 5.96. The van der Waals surface area contributed by atoms with E-state index >= 15 is 0 Å². The zero-order valence-corrected chi connectivity index (χ0v) is 12.2. The maximum atomic E-state index is 4.38. The molecule has 4 heteroatoms. The molecule has 0 saturated carbocycles. The fourth-order valence-electron chi connectivity index (χ4n) is 1.77. The summed E-state index contributed by atoms with van der Waals surface area (Å²) in [7, 11) is 0. The molecule has 0 amide bonds. The second-order valence-corrected chi connectivity index (χ2v) is 5.05. The van der Waals surface area contributed by atoms with Crippen molar-refractivity contribution in [1.29, 1.82) is 0 Å². The highest BCUT2D eigenvalue weighted by molar-refractivity contribution is 9.10. The Kier molecular flexibility index (Phi) is 4.31. The molecule has 0 aliphatic rings. The van der Waals surface area contributed by atoms with Gasteiger partial charge in [0.1, 0.15) is 12.1 Å². The van der Waals surface area contributed by atoms with Crippen LogP contribution in [0.1, 0.15) is 18.9 Å². The Morgan fingerprint density at radius 2 is 1.89 bits per heavy atom. The predicted octanol–water partition coefficient (Wildman–Crippen LogP) is 4.04. The van der Waals surface area contributed by atoms with E-state index in [2.05, 4.69) is 57.2 Å². The van der Waals surface area contributed by atoms with Crippen molar-refractivity contribution >= 4 is 21.7 Å². The Bertz CT molecular complexity index is 523. The molecule has 0 spiro atoms. The van der Waals surface area contributed by atoms with Gasteiger partial charge in [0.2, 0.25) is 0 Å². The molecule has 18 heavy (non-hydrogen) atoms. The third-order valence-corrected chi connectivity index (χ3v) is 3.27. The minimum Gasteiger partial charge on any atom is -0.370 e. The molecular formula is C14H16BrN3. The van der Waals surface area contributed by atoms with Crippen LogP contribution >= 0.6 is 15.9 Å². The van der Waals surface area contributed by atoms with Crippen LogP contribution in [0.3, 0.4) is 0 Å². The predicted molar refractivity (Wildman–Crippen MR) is 78.7 cm³/mol. The van der Waals surface area contributed by atoms with Crippen molar-refractivity contribution in [3.8, 4) is 11.3 Å². The molecule has 1 aromatic heterocycles. The van der Waals surface area contributed by atoms with Gasteiger partial charge in [-0.05, 0) is 25.5 Å². The number of halogens is 1. The van der Waals surface area contributed by atoms with Crippen LogP contribution < -0.4 is 5.32 Å². The van der Waals surface area contributed by atoms with Gasteiger partial charge < -0.3 is 5.32 Å². The van der Waals surface area contributed by atoms with Gasteiger partial charge in [-0.1, -0.05) is 35.0 Å². The minimum atomic E-state index is 0.921. The molecule has 2 aromatic rings. The largest absolute Gasteiger partial charge is 0.370 e. The lowest BCUT2D eigenvalue weighted by Crippen LogP contribution is -2.05. The summed E-state index contributed by atoms with van der Waals surface area (Å²) in [5.74, 6) is 0.921. The van der Waals surface area contributed by atoms with Gasteiger partial charge in [0.05, 0.1) is 5.69 Å². The molecule has 0 fully saturated rings. The van der Waals surface area contributed by atoms with Gasteiger partial charge in [-0.25, -0.2) is 9.97 Å². The average Bonchev–Trinajstić information content (AvgIpc) is 2.39. The highest BCUT2D eigenvalue weighted by Gasteiger charge is 2.08. The smallest absolute Gasteiger partial charge is 0.132 e. The highest BCUT2D eigenvalue weighted by Crippen LogP contribution is 2.25. The Balaban J connectivity index is 2.36. The van der Waals surface area contributed by atoms with Crippen molar-refractivity contribution in [2.24, 2.45) is 0 Å². The van der Waals surface area contributed by atoms with Crippen LogP contribution in [0.25, 0.3) is 11.3 Å². The third-order valence-electron chi connectivity index (χ3n) is 2.74. The Morgan fingerprint density at radius 3 is 2.56 bits per heavy atom. The number of benzene rings is 1. The van der Waals surface area contributed by atoms with Gasteiger partial charge in [-0.15, -0.1) is 0 Å². The summed E-state index contributed by atoms with van der Waals surface area (Å²) in [6.45, 7) is 5.12. The van der Waals surface area contributed by atoms with Gasteiger partial charge in [-0.2, -0.15) is 0 Å². The molecule has 2 rings (SSSR count). The molecule has 1 heterocycles. The summed E-state index contributed by atoms with van der Waals surface area (Å²) in [4.78, 5) is 8.67. The third kappa shape index (κ3) is 2.88. The summed E-state index contributed by atoms with van der Waals surface area (Å²) in [6.07, 6.45) is 2.69. The average molecular weight is 306 g/mol. The molecule has 0 bridgehead atoms. The quantitative estimate of drug-likeness (QED) is 0.926. The number of nitrogens with one attached hydrogen (secondary N) is 1. The molecule has 0 aliphatic carbocycles. The van der Waals surface area contributed by atoms with Crippen LogP contribution in [0, 0.1) is 6.92 Å². The first-order chi connectivity index (χ1) is 8.72. The zero-order chi connectivity index (χ0) is 13.0. The van der Waals surface area contributed by atoms with E-state index in [1.165, 1.54) is 0 Å². The van der Waals surface area contributed by atoms with Crippen LogP contribution in [0.15, 0.2) is 35.1 Å². The lowest BCUT2D eigenvalue weighted by molar-refractivity contribution is 0.960. The van der Waals surface area contributed by atoms with Crippen LogP contribution in [-0.2, 0) is 0 Å². The maximum Gasteiger partial charge on any atom is 0.132 e. The number of hydrogen-bond donors (Lipinski definition) is 1. The minimum absolute atomic E-state index is 0.921. The van der Waals surface area contributed by atoms with E-state index < -0.39 is 0 Å². The van der Waals surface area contributed by atoms with E-state index in [1.807, 2.05) is 12.1 Å². The lowest BCUT2D eigenvalue weighted by Gasteiger charge is -2.10. The van der Waals surface area contributed by atoms with Crippen molar-refractivity contribution in [1.82, 2.24) is 9.97 Å². The molecule has 0 unspecified atom stereocenters. The van der Waals surface area contributed by atoms with Crippen molar-refractivity contribution in [3.63, 3.8) is 0 Å². The second-order valence-electron chi connectivity index (χ2n) is 4.13. The Morgan fingerprint density at radius 1 is 1.17 bits per heavy atom. The first-order valence-corrected chi connectivity index (χ1v) is 6.83. The number of rotatable bonds is 4. The molecular weight excluding hydrogens is 290 g/mol. The Hall–Kier alpha value is -1.42. The van der Waals surface area contributed by atoms with Crippen LogP contribution in [0.4, 0.5) is 5.82 Å². The monoisotopic (exact) mass is 305 g/mol. The van der Waals surface area contributed by atoms with Crippen LogP contribution in [0.2, 0.25) is 0 Å². The lowest BCUT2D eigenvalue weighted by atomic mass is 10.1. The molecule has 0 atom stereocenters. The summed E-state index contributed by atoms with van der Waals surface area (Å²) < 4.78 is 1.07. The number of aromatic nitrogens is 2. The standard InChI is InChI=1S/C14H16BrN3/c1-3-8-16-14-10(2)13(17-9-18-14)11-4-6-12(15)7-5-11/h4-7,9H,3,8H2,1-2H3,(H,16,17,18). The first kappa shape index (κ1) is 13.0. The van der Waals surface area contributed by atoms with Gasteiger partial charge in [-0.3, -0.25) is 0 Å². The van der Waals surface area contributed by atoms with E-state index in [1.54, 1.807) is 6.33 Å². The summed E-state index contributed by atoms with van der Waals surface area (Å²) in [5.41, 5.74) is 3.18. The molecule has 1 aromatic carbocycles. The molecule has 0 radical (unpaired) electrons. The van der Waals surface area contributed by atoms with Crippen molar-refractivity contribution in [2.75, 3.05) is 11.9 Å². The summed E-state index contributed by atoms with van der Waals surface area (Å²) >= 11 is 3.44. The molecule has 94 valence electrons. The Labute approximate surface area is 116 Å². The van der Waals surface area contributed by atoms with Gasteiger partial charge in [0.15, 0.2) is 0 Å². The molecule has 0 saturated heterocycles. The van der Waals surface area contributed by atoms with Crippen molar-refractivity contribution in [3.05, 3.63) is 40.6 Å². The van der Waals surface area contributed by atoms with E-state index in [0.717, 1.165) is 40.1 Å². The van der Waals surface area contributed by atoms with Gasteiger partial charge >= 0.3 is 0 Å². The number of nitrogens with zero attached hydrogens (tertiary/aromatic N) is 2. The first-order valence-electron chi connectivity index (χ1n) is 6.03. The fourth-order valence-corrected chi connectivity index (χ4v) is 2.03. The highest BCUT2D eigenvalue weighted by atomic mass is 79.9. The van der Waals surface area contributed by atoms with Gasteiger partial charge in [0, 0.05) is 22.1 Å². The maximum absolute atomic E-state index is 4.38. The SMILES string of the molecule is CCCNc1ncnc(-c2ccc(Br)cc2)c1C. The van der Waals surface area contributed by atoms with E-state index in [4.69, 9.17) is 0 Å². The van der Waals surface area contributed by atoms with Crippen LogP contribution in [-0.4, -0.2) is 16.5 Å².